The van der Waals surface area contributed by atoms with E-state index in [9.17, 15) is 40.5 Å². The number of fused-ring (bicyclic) bond motifs is 4. The zero-order valence-electron chi connectivity index (χ0n) is 59.0. The van der Waals surface area contributed by atoms with E-state index < -0.39 is 231 Å². The molecule has 0 bridgehead atoms. The second-order valence-corrected chi connectivity index (χ2v) is 29.7. The monoisotopic (exact) mass is 1490 g/mol. The number of methoxy groups -OCH3 is 6. The highest BCUT2D eigenvalue weighted by Gasteiger charge is 2.71. The van der Waals surface area contributed by atoms with Gasteiger partial charge in [-0.25, -0.2) is 4.79 Å². The highest BCUT2D eigenvalue weighted by molar-refractivity contribution is 6.39. The summed E-state index contributed by atoms with van der Waals surface area (Å²) < 4.78 is 148. The number of phenolic OH excluding ortho intramolecular Hbond substituents is 1. The smallest absolute Gasteiger partial charge is 0.342 e. The van der Waals surface area contributed by atoms with Gasteiger partial charge in [0.15, 0.2) is 60.9 Å². The molecule has 9 aliphatic heterocycles. The number of aliphatic hydroxyl groups is 6. The van der Waals surface area contributed by atoms with Crippen LogP contribution in [0.4, 0.5) is 0 Å². The van der Waals surface area contributed by atoms with Gasteiger partial charge in [-0.3, -0.25) is 0 Å². The molecule has 1 aromatic rings. The summed E-state index contributed by atoms with van der Waals surface area (Å²) >= 11 is 12.8. The van der Waals surface area contributed by atoms with Gasteiger partial charge in [-0.2, -0.15) is 0 Å². The normalized spacial score (nSPS) is 49.5. The number of esters is 1. The molecule has 1 aromatic carbocycles. The zero-order valence-corrected chi connectivity index (χ0v) is 60.5. The molecular weight excluding hydrogens is 1390 g/mol. The Hall–Kier alpha value is -2.29. The number of halogens is 2. The van der Waals surface area contributed by atoms with E-state index in [2.05, 4.69) is 0 Å². The summed E-state index contributed by atoms with van der Waals surface area (Å²) in [7, 11) is 8.54. The van der Waals surface area contributed by atoms with Gasteiger partial charge < -0.3 is 155 Å². The minimum atomic E-state index is -1.88. The molecule has 9 N–H and O–H groups in total. The van der Waals surface area contributed by atoms with Crippen molar-refractivity contribution in [3.63, 3.8) is 0 Å². The minimum Gasteiger partial charge on any atom is -0.505 e. The number of carbonyl (C=O) groups is 1. The molecule has 0 amide bonds. The van der Waals surface area contributed by atoms with Crippen molar-refractivity contribution in [2.75, 3.05) is 69.3 Å². The van der Waals surface area contributed by atoms with Crippen molar-refractivity contribution in [2.24, 2.45) is 17.6 Å². The van der Waals surface area contributed by atoms with Crippen LogP contribution < -0.4 is 10.5 Å². The summed E-state index contributed by atoms with van der Waals surface area (Å²) in [6.07, 6.45) is -31.8. The van der Waals surface area contributed by atoms with Crippen LogP contribution in [0.25, 0.3) is 0 Å². The van der Waals surface area contributed by atoms with Gasteiger partial charge in [-0.05, 0) is 66.4 Å². The molecule has 2 spiro atoms. The fraction of sp³-hybridized carbons (Fsp3) is 0.894. The van der Waals surface area contributed by atoms with Gasteiger partial charge >= 0.3 is 11.9 Å². The summed E-state index contributed by atoms with van der Waals surface area (Å²) in [4.78, 5) is 14.2. The molecule has 101 heavy (non-hydrogen) atoms. The molecule has 2 aliphatic carbocycles. The van der Waals surface area contributed by atoms with Crippen LogP contribution in [0.15, 0.2) is 0 Å². The highest BCUT2D eigenvalue weighted by atomic mass is 35.5. The van der Waals surface area contributed by atoms with Crippen LogP contribution in [-0.4, -0.2) is 318 Å². The molecule has 0 radical (unpaired) electrons. The Labute approximate surface area is 595 Å². The second kappa shape index (κ2) is 31.0. The van der Waals surface area contributed by atoms with Crippen molar-refractivity contribution >= 4 is 29.2 Å². The van der Waals surface area contributed by atoms with Gasteiger partial charge in [0, 0.05) is 72.7 Å². The quantitative estimate of drug-likeness (QED) is 0.0833. The average molecular weight is 1490 g/mol. The van der Waals surface area contributed by atoms with Crippen LogP contribution in [0.5, 0.6) is 11.5 Å². The van der Waals surface area contributed by atoms with Crippen molar-refractivity contribution in [3.05, 3.63) is 21.2 Å². The Bertz CT molecular complexity index is 2990. The lowest BCUT2D eigenvalue weighted by Crippen LogP contribution is -2.69. The lowest BCUT2D eigenvalue weighted by Gasteiger charge is -2.49. The Morgan fingerprint density at radius 1 is 0.644 bits per heavy atom. The largest absolute Gasteiger partial charge is 0.505 e. The van der Waals surface area contributed by atoms with E-state index in [1.807, 2.05) is 20.8 Å². The lowest BCUT2D eigenvalue weighted by atomic mass is 9.80. The summed E-state index contributed by atoms with van der Waals surface area (Å²) in [6.45, 7) is 13.2. The fourth-order valence-corrected chi connectivity index (χ4v) is 17.5. The van der Waals surface area contributed by atoms with E-state index in [1.165, 1.54) is 42.5 Å². The summed E-state index contributed by atoms with van der Waals surface area (Å²) in [5.74, 6) is -5.99. The molecule has 11 aliphatic rings. The van der Waals surface area contributed by atoms with Crippen LogP contribution in [0.2, 0.25) is 10.0 Å². The minimum absolute atomic E-state index is 0.0163. The zero-order chi connectivity index (χ0) is 72.9. The van der Waals surface area contributed by atoms with Crippen LogP contribution >= 0.6 is 23.2 Å². The summed E-state index contributed by atoms with van der Waals surface area (Å²) in [5.41, 5.74) is 4.29. The Morgan fingerprint density at radius 3 is 1.97 bits per heavy atom. The molecule has 1 unspecified atom stereocenters. The topological polar surface area (TPSA) is 406 Å². The molecule has 576 valence electrons. The third-order valence-electron chi connectivity index (χ3n) is 22.1. The number of phenols is 1. The standard InChI is InChI=1S/C66H101Cl2NO32/c1-24-17-64(18-32(70)46(24)94-36-16-34(92-37-19-63(8,69)56(83-14)29(6)89-37)47(26(3)88-36)95-59(76)38-25(2)39(67)41(71)40(68)53(38)82-13)99-49-28(5)91-62(45(75)55(49)100-64)97-54-44(74)61(90-27(4)48(54)80-11)96-50-31(20-78-9)15-33(51(81-12)42(50)72)93-60-43(73)52-35(21-84-60)98-66(101-52)58-57(85-23-86-58)65(77,22-87-66)30(7)79-10/h24,26-37,42-52,54-58,60-62,70-75,77H,15-23,69H2,1-14H3/t24-,26+,27+,28+,29-,30?,31+,32+,33+,34+,35-,36-,37-,42-,43+,44+,45-,46+,47+,48-,49+,50+,51+,52+,54+,55+,56-,57+,58+,60-,61-,62-,63-,64-,65+,66+/m0/s1. The summed E-state index contributed by atoms with van der Waals surface area (Å²) in [6, 6.07) is 0. The van der Waals surface area contributed by atoms with Crippen molar-refractivity contribution in [1.29, 1.82) is 0 Å². The van der Waals surface area contributed by atoms with Crippen LogP contribution in [0, 0.1) is 18.8 Å². The second-order valence-electron chi connectivity index (χ2n) is 28.9. The van der Waals surface area contributed by atoms with E-state index in [-0.39, 0.29) is 85.6 Å². The highest BCUT2D eigenvalue weighted by Crippen LogP contribution is 2.52. The molecule has 12 rings (SSSR count). The van der Waals surface area contributed by atoms with Gasteiger partial charge in [-0.15, -0.1) is 0 Å². The molecule has 33 nitrogen and oxygen atoms in total. The van der Waals surface area contributed by atoms with E-state index in [0.717, 1.165) is 0 Å². The van der Waals surface area contributed by atoms with Crippen molar-refractivity contribution < 1.29 is 154 Å². The van der Waals surface area contributed by atoms with Gasteiger partial charge in [-0.1, -0.05) is 30.1 Å². The van der Waals surface area contributed by atoms with E-state index in [1.54, 1.807) is 34.8 Å². The first-order chi connectivity index (χ1) is 47.9. The molecule has 35 heteroatoms. The lowest BCUT2D eigenvalue weighted by molar-refractivity contribution is -0.421. The van der Waals surface area contributed by atoms with Gasteiger partial charge in [0.1, 0.15) is 108 Å². The number of aromatic hydroxyl groups is 1. The molecule has 36 atom stereocenters. The fourth-order valence-electron chi connectivity index (χ4n) is 17.0. The predicted octanol–water partition coefficient (Wildman–Crippen LogP) is 0.702. The molecule has 2 saturated carbocycles. The average Bonchev–Trinajstić information content (AvgIpc) is 1.58. The number of carbonyl (C=O) groups excluding carboxylic acids is 1. The first kappa shape index (κ1) is 78.3. The first-order valence-electron chi connectivity index (χ1n) is 34.5. The van der Waals surface area contributed by atoms with Gasteiger partial charge in [0.05, 0.1) is 86.9 Å². The number of nitrogens with two attached hydrogens (primary N) is 1. The van der Waals surface area contributed by atoms with E-state index in [4.69, 9.17) is 143 Å². The Balaban J connectivity index is 0.681. The number of benzene rings is 1. The number of rotatable bonds is 20. The number of ether oxygens (including phenoxy) is 24. The van der Waals surface area contributed by atoms with Crippen molar-refractivity contribution in [3.8, 4) is 11.5 Å². The number of aliphatic hydroxyl groups excluding tert-OH is 5. The Kier molecular flexibility index (Phi) is 24.0. The van der Waals surface area contributed by atoms with Crippen molar-refractivity contribution in [1.82, 2.24) is 0 Å². The van der Waals surface area contributed by atoms with Crippen molar-refractivity contribution in [2.45, 2.75) is 294 Å². The number of hydrogen-bond acceptors (Lipinski definition) is 33. The van der Waals surface area contributed by atoms with Gasteiger partial charge in [0.2, 0.25) is 0 Å². The predicted molar refractivity (Wildman–Crippen MR) is 340 cm³/mol. The van der Waals surface area contributed by atoms with Gasteiger partial charge in [0.25, 0.3) is 0 Å². The van der Waals surface area contributed by atoms with Crippen LogP contribution in [-0.2, 0) is 109 Å². The SMILES string of the molecule is COC[C@H]1C[C@@H](O[C@@H]2OC[C@@H]3O[C@@]4(OC[C@@](O)(C(C)OC)[C@@H]5OCO[C@H]54)O[C@H]3[C@H]2O)[C@@H](OC)[C@@H](O)[C@@H]1O[C@@H]1O[C@H](C)[C@H](OC)[C@H](O[C@@H]2O[C@H](C)[C@H]3O[C@]4(C[C@@H](O)[C@H](O[C@H]5C[C@@H](O[C@H]6C[C@](C)(N)[C@@H](OC)[C@H](C)O6)[C@H](OC(=O)c6c(C)c(Cl)c(O)c(Cl)c6OC)[C@@H](C)O5)[C@@H](C)C4)O[C@@H]3[C@@H]2O)[C@H]1O. The Morgan fingerprint density at radius 2 is 1.30 bits per heavy atom. The van der Waals surface area contributed by atoms with E-state index in [0.29, 0.717) is 0 Å². The maximum absolute atomic E-state index is 14.2. The molecule has 9 heterocycles. The third kappa shape index (κ3) is 14.6. The molecule has 11 fully saturated rings. The molecular formula is C66H101Cl2NO32. The molecule has 0 aromatic heterocycles. The number of hydrogen-bond donors (Lipinski definition) is 8. The third-order valence-corrected chi connectivity index (χ3v) is 22.9. The molecule has 9 saturated heterocycles. The maximum Gasteiger partial charge on any atom is 0.342 e. The van der Waals surface area contributed by atoms with Crippen LogP contribution in [0.1, 0.15) is 96.5 Å². The summed E-state index contributed by atoms with van der Waals surface area (Å²) in [5, 5.41) is 82.5. The van der Waals surface area contributed by atoms with E-state index >= 15 is 0 Å². The maximum atomic E-state index is 14.2. The van der Waals surface area contributed by atoms with Crippen LogP contribution in [0.3, 0.4) is 0 Å². The first-order valence-corrected chi connectivity index (χ1v) is 35.2.